The lowest BCUT2D eigenvalue weighted by Crippen LogP contribution is -2.15. The Labute approximate surface area is 152 Å². The van der Waals surface area contributed by atoms with E-state index < -0.39 is 11.9 Å². The second-order valence-electron chi connectivity index (χ2n) is 6.61. The van der Waals surface area contributed by atoms with Gasteiger partial charge in [-0.15, -0.1) is 0 Å². The van der Waals surface area contributed by atoms with Crippen LogP contribution in [-0.2, 0) is 9.59 Å². The number of hydrogen-bond donors (Lipinski definition) is 2. The van der Waals surface area contributed by atoms with Crippen LogP contribution in [0, 0.1) is 13.8 Å². The van der Waals surface area contributed by atoms with E-state index in [4.69, 9.17) is 0 Å². The van der Waals surface area contributed by atoms with E-state index in [9.17, 15) is 19.8 Å². The quantitative estimate of drug-likeness (QED) is 0.854. The predicted molar refractivity (Wildman–Crippen MR) is 101 cm³/mol. The van der Waals surface area contributed by atoms with E-state index in [0.717, 1.165) is 22.3 Å². The molecule has 2 aromatic carbocycles. The van der Waals surface area contributed by atoms with Crippen LogP contribution in [0.15, 0.2) is 59.7 Å². The molecular formula is C22H20O4. The van der Waals surface area contributed by atoms with Gasteiger partial charge >= 0.3 is 11.9 Å². The van der Waals surface area contributed by atoms with Crippen molar-refractivity contribution in [3.63, 3.8) is 0 Å². The molecule has 132 valence electrons. The van der Waals surface area contributed by atoms with Crippen LogP contribution in [0.3, 0.4) is 0 Å². The third kappa shape index (κ3) is 3.45. The Kier molecular flexibility index (Phi) is 4.76. The molecule has 4 heteroatoms. The smallest absolute Gasteiger partial charge is 0.332 e. The third-order valence-electron chi connectivity index (χ3n) is 4.75. The molecule has 0 radical (unpaired) electrons. The third-order valence-corrected chi connectivity index (χ3v) is 4.75. The van der Waals surface area contributed by atoms with Crippen LogP contribution in [0.25, 0.3) is 11.1 Å². The lowest BCUT2D eigenvalue weighted by atomic mass is 9.80. The highest BCUT2D eigenvalue weighted by Gasteiger charge is 2.29. The van der Waals surface area contributed by atoms with Crippen LogP contribution in [0.2, 0.25) is 0 Å². The minimum Gasteiger partial charge on any atom is -0.478 e. The second-order valence-corrected chi connectivity index (χ2v) is 6.61. The first kappa shape index (κ1) is 17.7. The zero-order valence-electron chi connectivity index (χ0n) is 14.7. The molecule has 4 nitrogen and oxygen atoms in total. The minimum atomic E-state index is -1.00. The van der Waals surface area contributed by atoms with Gasteiger partial charge in [-0.3, -0.25) is 0 Å². The van der Waals surface area contributed by atoms with Crippen LogP contribution in [0.5, 0.6) is 0 Å². The summed E-state index contributed by atoms with van der Waals surface area (Å²) in [5.41, 5.74) is 5.32. The summed E-state index contributed by atoms with van der Waals surface area (Å²) in [6, 6.07) is 15.0. The molecule has 0 aromatic heterocycles. The molecule has 0 spiro atoms. The Bertz CT molecular complexity index is 850. The van der Waals surface area contributed by atoms with Gasteiger partial charge in [-0.25, -0.2) is 9.59 Å². The summed E-state index contributed by atoms with van der Waals surface area (Å²) in [4.78, 5) is 23.8. The Hall–Kier alpha value is -3.14. The normalized spacial score (nSPS) is 14.5. The number of hydrogen-bond acceptors (Lipinski definition) is 2. The molecule has 3 rings (SSSR count). The maximum Gasteiger partial charge on any atom is 0.332 e. The lowest BCUT2D eigenvalue weighted by molar-refractivity contribution is -0.134. The molecule has 0 fully saturated rings. The number of carboxylic acids is 2. The molecule has 0 unspecified atom stereocenters. The average molecular weight is 348 g/mol. The number of allylic oxidation sites excluding steroid dienone is 2. The number of aliphatic carboxylic acids is 2. The Morgan fingerprint density at radius 2 is 0.962 bits per heavy atom. The fraction of sp³-hybridized carbons (Fsp3) is 0.182. The minimum absolute atomic E-state index is 0.100. The van der Waals surface area contributed by atoms with E-state index in [1.807, 2.05) is 62.4 Å². The topological polar surface area (TPSA) is 74.6 Å². The number of carbonyl (C=O) groups is 2. The Morgan fingerprint density at radius 3 is 1.23 bits per heavy atom. The Balaban J connectivity index is 2.12. The zero-order valence-corrected chi connectivity index (χ0v) is 14.7. The molecule has 2 N–H and O–H groups in total. The molecule has 0 bridgehead atoms. The molecule has 0 amide bonds. The average Bonchev–Trinajstić information content (AvgIpc) is 2.62. The Morgan fingerprint density at radius 1 is 0.654 bits per heavy atom. The number of carboxylic acid groups (broad SMARTS) is 2. The first-order valence-electron chi connectivity index (χ1n) is 8.41. The maximum atomic E-state index is 11.9. The van der Waals surface area contributed by atoms with E-state index in [1.165, 1.54) is 0 Å². The first-order chi connectivity index (χ1) is 12.4. The molecule has 0 aliphatic heterocycles. The van der Waals surface area contributed by atoms with Gasteiger partial charge in [-0.1, -0.05) is 59.7 Å². The zero-order chi connectivity index (χ0) is 18.8. The van der Waals surface area contributed by atoms with Crippen LogP contribution < -0.4 is 0 Å². The molecule has 2 aromatic rings. The van der Waals surface area contributed by atoms with Gasteiger partial charge in [0.25, 0.3) is 0 Å². The van der Waals surface area contributed by atoms with E-state index in [2.05, 4.69) is 0 Å². The summed E-state index contributed by atoms with van der Waals surface area (Å²) in [6.07, 6.45) is 0.201. The highest BCUT2D eigenvalue weighted by molar-refractivity contribution is 6.07. The molecule has 1 aliphatic rings. The summed E-state index contributed by atoms with van der Waals surface area (Å²) in [5.74, 6) is -2.01. The first-order valence-corrected chi connectivity index (χ1v) is 8.41. The van der Waals surface area contributed by atoms with Crippen molar-refractivity contribution in [2.45, 2.75) is 26.7 Å². The fourth-order valence-electron chi connectivity index (χ4n) is 3.25. The van der Waals surface area contributed by atoms with Gasteiger partial charge in [-0.05, 0) is 36.1 Å². The molecule has 26 heavy (non-hydrogen) atoms. The molecule has 0 saturated heterocycles. The summed E-state index contributed by atoms with van der Waals surface area (Å²) in [5, 5.41) is 19.5. The number of rotatable bonds is 4. The monoisotopic (exact) mass is 348 g/mol. The number of benzene rings is 2. The van der Waals surface area contributed by atoms with Gasteiger partial charge in [0.05, 0.1) is 0 Å². The molecule has 1 aliphatic carbocycles. The lowest BCUT2D eigenvalue weighted by Gasteiger charge is -2.23. The van der Waals surface area contributed by atoms with Gasteiger partial charge in [0, 0.05) is 24.0 Å². The van der Waals surface area contributed by atoms with Crippen molar-refractivity contribution in [2.75, 3.05) is 0 Å². The van der Waals surface area contributed by atoms with Gasteiger partial charge in [0.1, 0.15) is 0 Å². The van der Waals surface area contributed by atoms with Crippen LogP contribution in [0.1, 0.15) is 35.1 Å². The molecule has 0 heterocycles. The van der Waals surface area contributed by atoms with Gasteiger partial charge in [-0.2, -0.15) is 0 Å². The van der Waals surface area contributed by atoms with Gasteiger partial charge in [0.2, 0.25) is 0 Å². The SMILES string of the molecule is Cc1ccc(C2=C(C(=O)O)CC(c3ccc(C)cc3)=C(C(=O)O)C2)cc1. The van der Waals surface area contributed by atoms with Crippen molar-refractivity contribution in [2.24, 2.45) is 0 Å². The van der Waals surface area contributed by atoms with E-state index in [0.29, 0.717) is 11.1 Å². The van der Waals surface area contributed by atoms with Gasteiger partial charge in [0.15, 0.2) is 0 Å². The summed E-state index contributed by atoms with van der Waals surface area (Å²) in [6.45, 7) is 3.91. The fourth-order valence-corrected chi connectivity index (χ4v) is 3.25. The second kappa shape index (κ2) is 7.00. The van der Waals surface area contributed by atoms with Crippen molar-refractivity contribution in [3.05, 3.63) is 81.9 Å². The molecule has 0 saturated carbocycles. The van der Waals surface area contributed by atoms with E-state index >= 15 is 0 Å². The van der Waals surface area contributed by atoms with Crippen molar-refractivity contribution >= 4 is 23.1 Å². The van der Waals surface area contributed by atoms with Gasteiger partial charge < -0.3 is 10.2 Å². The van der Waals surface area contributed by atoms with Crippen LogP contribution >= 0.6 is 0 Å². The summed E-state index contributed by atoms with van der Waals surface area (Å²) >= 11 is 0. The summed E-state index contributed by atoms with van der Waals surface area (Å²) in [7, 11) is 0. The van der Waals surface area contributed by atoms with Crippen LogP contribution in [0.4, 0.5) is 0 Å². The van der Waals surface area contributed by atoms with Crippen molar-refractivity contribution in [1.29, 1.82) is 0 Å². The highest BCUT2D eigenvalue weighted by Crippen LogP contribution is 2.40. The largest absolute Gasteiger partial charge is 0.478 e. The van der Waals surface area contributed by atoms with Crippen molar-refractivity contribution in [1.82, 2.24) is 0 Å². The van der Waals surface area contributed by atoms with Crippen molar-refractivity contribution < 1.29 is 19.8 Å². The molecule has 0 atom stereocenters. The van der Waals surface area contributed by atoms with Crippen LogP contribution in [-0.4, -0.2) is 22.2 Å². The maximum absolute atomic E-state index is 11.9. The van der Waals surface area contributed by atoms with E-state index in [1.54, 1.807) is 0 Å². The predicted octanol–water partition coefficient (Wildman–Crippen LogP) is 4.47. The standard InChI is InChI=1S/C22H20O4/c1-13-3-7-15(8-4-13)17-11-20(22(25)26)18(12-19(17)21(23)24)16-9-5-14(2)6-10-16/h3-10H,11-12H2,1-2H3,(H,23,24)(H,25,26). The van der Waals surface area contributed by atoms with E-state index in [-0.39, 0.29) is 24.0 Å². The number of aryl methyl sites for hydroxylation is 2. The van der Waals surface area contributed by atoms with Crippen molar-refractivity contribution in [3.8, 4) is 0 Å². The summed E-state index contributed by atoms with van der Waals surface area (Å²) < 4.78 is 0. The highest BCUT2D eigenvalue weighted by atomic mass is 16.4. The molecular weight excluding hydrogens is 328 g/mol.